The predicted molar refractivity (Wildman–Crippen MR) is 577 cm³/mol. The number of hydrogen-bond donors (Lipinski definition) is 0. The summed E-state index contributed by atoms with van der Waals surface area (Å²) in [5, 5.41) is 0. The van der Waals surface area contributed by atoms with E-state index >= 15 is 0 Å². The van der Waals surface area contributed by atoms with Crippen LogP contribution in [0, 0.1) is 0 Å². The standard InChI is InChI=1S/C96H136O36Si16/c1-65(81-33-49-89(50-34-81)105-73(9)97)133(17,18)113-141-121-142(114-134(19,20)66(2)82-35-51-90(52-36-82)106-74(10)98)124-145(117-137(25,26)69(5)85-41-57-93(58-42-85)109-77(13)101)126-143(122-141,115-135(21,22)67(3)83-37-53-91(54-38-83)107-75(11)99)128-147(119-139(29,30)71(7)87-45-61-95(62-46-87)111-79(15)103)129-144(123-141,116-136(23,24)68(4)84-39-55-92(56-40-84)108-76(12)100)127-146(125-142,118-138(27,28)70(6)86-43-59-94(60-44-86)110-78(14)102)131-148(130-145,132-147)120-140(31,32)72(8)88-47-63-96(64-48-88)112-80(16)104/h33-72H,1-32H3. The van der Waals surface area contributed by atoms with E-state index in [1.54, 1.807) is 194 Å². The minimum absolute atomic E-state index is 0.248. The zero-order valence-electron chi connectivity index (χ0n) is 89.8. The van der Waals surface area contributed by atoms with Gasteiger partial charge in [-0.15, -0.1) is 0 Å². The van der Waals surface area contributed by atoms with Crippen LogP contribution in [0.4, 0.5) is 0 Å². The lowest BCUT2D eigenvalue weighted by Crippen LogP contribution is -2.93. The summed E-state index contributed by atoms with van der Waals surface area (Å²) in [5.41, 5.74) is -0.383. The van der Waals surface area contributed by atoms with Gasteiger partial charge in [0.25, 0.3) is 0 Å². The van der Waals surface area contributed by atoms with E-state index in [9.17, 15) is 38.4 Å². The highest BCUT2D eigenvalue weighted by molar-refractivity contribution is 7.05. The first-order valence-electron chi connectivity index (χ1n) is 48.9. The van der Waals surface area contributed by atoms with Crippen LogP contribution in [0.3, 0.4) is 0 Å². The molecular weight excluding hydrogens is 2180 g/mol. The predicted octanol–water partition coefficient (Wildman–Crippen LogP) is 19.7. The third kappa shape index (κ3) is 28.1. The fourth-order valence-electron chi connectivity index (χ4n) is 17.3. The van der Waals surface area contributed by atoms with E-state index in [2.05, 4.69) is 0 Å². The first-order chi connectivity index (χ1) is 68.6. The van der Waals surface area contributed by atoms with Crippen LogP contribution in [0.2, 0.25) is 105 Å². The zero-order chi connectivity index (χ0) is 109. The van der Waals surface area contributed by atoms with E-state index in [4.69, 9.17) is 120 Å². The molecule has 6 fully saturated rings. The summed E-state index contributed by atoms with van der Waals surface area (Å²) >= 11 is 0. The minimum Gasteiger partial charge on any atom is -0.427 e. The lowest BCUT2D eigenvalue weighted by molar-refractivity contribution is -0.136. The lowest BCUT2D eigenvalue weighted by atomic mass is 10.1. The van der Waals surface area contributed by atoms with Crippen LogP contribution in [0.15, 0.2) is 194 Å². The highest BCUT2D eigenvalue weighted by atomic mass is 28.7. The molecule has 0 spiro atoms. The molecule has 8 atom stereocenters. The molecule has 6 heterocycles. The molecule has 0 radical (unpaired) electrons. The molecule has 8 aromatic rings. The maximum atomic E-state index is 12.7. The van der Waals surface area contributed by atoms with Crippen LogP contribution in [-0.2, 0) is 121 Å². The van der Waals surface area contributed by atoms with Crippen molar-refractivity contribution in [1.29, 1.82) is 0 Å². The van der Waals surface area contributed by atoms with Crippen molar-refractivity contribution in [3.05, 3.63) is 239 Å². The lowest BCUT2D eigenvalue weighted by Gasteiger charge is -2.62. The molecule has 6 aliphatic heterocycles. The second-order valence-corrected chi connectivity index (χ2v) is 98.9. The van der Waals surface area contributed by atoms with Gasteiger partial charge in [-0.1, -0.05) is 152 Å². The number of carbonyl (C=O) groups is 8. The molecule has 0 saturated carbocycles. The molecule has 52 heteroatoms. The molecule has 14 rings (SSSR count). The second-order valence-electron chi connectivity index (χ2n) is 41.9. The van der Waals surface area contributed by atoms with Gasteiger partial charge in [-0.3, -0.25) is 38.4 Å². The molecule has 148 heavy (non-hydrogen) atoms. The van der Waals surface area contributed by atoms with Gasteiger partial charge in [0.05, 0.1) is 0 Å². The number of ether oxygens (including phenoxy) is 8. The largest absolute Gasteiger partial charge is 0.651 e. The van der Waals surface area contributed by atoms with E-state index in [0.717, 1.165) is 0 Å². The van der Waals surface area contributed by atoms with Crippen LogP contribution in [0.1, 0.15) is 200 Å². The molecule has 0 aliphatic carbocycles. The quantitative estimate of drug-likeness (QED) is 0.0195. The van der Waals surface area contributed by atoms with E-state index in [0.29, 0.717) is 44.5 Å². The minimum atomic E-state index is -6.33. The highest BCUT2D eigenvalue weighted by Gasteiger charge is 2.93. The van der Waals surface area contributed by atoms with Crippen molar-refractivity contribution in [2.75, 3.05) is 0 Å². The first kappa shape index (κ1) is 117. The van der Waals surface area contributed by atoms with Crippen molar-refractivity contribution in [3.63, 3.8) is 0 Å². The van der Waals surface area contributed by atoms with Gasteiger partial charge < -0.3 is 120 Å². The second kappa shape index (κ2) is 44.6. The summed E-state index contributed by atoms with van der Waals surface area (Å²) in [6.07, 6.45) is 0. The molecule has 8 aromatic carbocycles. The highest BCUT2D eigenvalue weighted by Crippen LogP contribution is 2.58. The van der Waals surface area contributed by atoms with Gasteiger partial charge in [-0.2, -0.15) is 0 Å². The Balaban J connectivity index is 1.23. The normalized spacial score (nSPS) is 24.3. The smallest absolute Gasteiger partial charge is 0.427 e. The van der Waals surface area contributed by atoms with Crippen molar-refractivity contribution in [2.45, 2.75) is 260 Å². The fraction of sp³-hybridized carbons (Fsp3) is 0.417. The monoisotopic (exact) mass is 2310 g/mol. The maximum absolute atomic E-state index is 12.7. The average Bonchev–Trinajstić information content (AvgIpc) is 0.672. The Hall–Kier alpha value is -7.81. The van der Waals surface area contributed by atoms with Crippen molar-refractivity contribution >= 4 is 187 Å². The van der Waals surface area contributed by atoms with Crippen molar-refractivity contribution in [3.8, 4) is 46.0 Å². The molecule has 6 saturated heterocycles. The van der Waals surface area contributed by atoms with Crippen molar-refractivity contribution in [1.82, 2.24) is 0 Å². The van der Waals surface area contributed by atoms with Gasteiger partial charge >= 0.3 is 120 Å². The summed E-state index contributed by atoms with van der Waals surface area (Å²) in [4.78, 5) is 102. The molecule has 0 aromatic heterocycles. The van der Waals surface area contributed by atoms with Crippen LogP contribution < -0.4 is 37.9 Å². The molecule has 8 bridgehead atoms. The van der Waals surface area contributed by atoms with E-state index in [-0.39, 0.29) is 46.0 Å². The van der Waals surface area contributed by atoms with Gasteiger partial charge in [0.2, 0.25) is 0 Å². The molecule has 8 unspecified atom stereocenters. The summed E-state index contributed by atoms with van der Waals surface area (Å²) in [5.74, 6) is -2.46. The average molecular weight is 2320 g/mol. The van der Waals surface area contributed by atoms with Crippen LogP contribution in [0.25, 0.3) is 0 Å². The van der Waals surface area contributed by atoms with Gasteiger partial charge in [-0.05, 0) is 291 Å². The molecule has 0 N–H and O–H groups in total. The third-order valence-electron chi connectivity index (χ3n) is 27.6. The fourth-order valence-corrected chi connectivity index (χ4v) is 92.2. The molecule has 36 nitrogen and oxygen atoms in total. The Morgan fingerprint density at radius 2 is 0.236 bits per heavy atom. The molecule has 0 amide bonds. The number of carbonyl (C=O) groups excluding carboxylic acids is 8. The number of hydrogen-bond acceptors (Lipinski definition) is 36. The Bertz CT molecular complexity index is 4970. The SMILES string of the molecule is CC(=O)Oc1ccc(C(C)[Si](C)(C)O[Si]23O[Si]4(O[Si](C)(C)C(C)c5ccc(OC(C)=O)cc5)O[Si]5(O[Si](C)(C)C(C)c6ccc(OC(C)=O)cc6)O[Si](O[Si](C)(C)C(C)c6ccc(OC(C)=O)cc6)(O2)O[Si]2(O[Si](C)(C)C(C)c6ccc(OC(C)=O)cc6)O[Si](O[Si](C)(C)C(C)c6ccc(OC(C)=O)cc6)(O3)O[Si](O[Si](C)(C)C(C)c3ccc(OC(C)=O)cc3)(O4)O[Si](O[Si](C)(C)C(C)c3ccc(OC(C)=O)cc3)(O5)O2)cc1. The molecule has 6 aliphatic rings. The van der Waals surface area contributed by atoms with Crippen LogP contribution in [-0.4, -0.2) is 187 Å². The topological polar surface area (TPSA) is 395 Å². The first-order valence-corrected chi connectivity index (χ1v) is 85.8. The van der Waals surface area contributed by atoms with Crippen molar-refractivity contribution < 1.29 is 159 Å². The number of rotatable bonds is 40. The van der Waals surface area contributed by atoms with Crippen molar-refractivity contribution in [2.24, 2.45) is 0 Å². The Morgan fingerprint density at radius 3 is 0.304 bits per heavy atom. The van der Waals surface area contributed by atoms with Gasteiger partial charge in [-0.25, -0.2) is 0 Å². The Kier molecular flexibility index (Phi) is 35.3. The molecule has 800 valence electrons. The third-order valence-corrected chi connectivity index (χ3v) is 95.8. The van der Waals surface area contributed by atoms with E-state index < -0.39 is 231 Å². The summed E-state index contributed by atoms with van der Waals surface area (Å²) < 4.78 is 216. The summed E-state index contributed by atoms with van der Waals surface area (Å²) in [7, 11) is -83.5. The molecular formula is C96H136O36Si16. The zero-order valence-corrected chi connectivity index (χ0v) is 106. The summed E-state index contributed by atoms with van der Waals surface area (Å²) in [6.45, 7) is 56.5. The van der Waals surface area contributed by atoms with Gasteiger partial charge in [0.15, 0.2) is 66.5 Å². The summed E-state index contributed by atoms with van der Waals surface area (Å²) in [6, 6.07) is 55.5. The van der Waals surface area contributed by atoms with Gasteiger partial charge in [0.1, 0.15) is 46.0 Å². The number of esters is 8. The van der Waals surface area contributed by atoms with E-state index in [1.165, 1.54) is 55.4 Å². The Morgan fingerprint density at radius 1 is 0.162 bits per heavy atom. The Labute approximate surface area is 883 Å². The van der Waals surface area contributed by atoms with Crippen LogP contribution >= 0.6 is 0 Å². The maximum Gasteiger partial charge on any atom is 0.651 e. The van der Waals surface area contributed by atoms with Crippen LogP contribution in [0.5, 0.6) is 46.0 Å². The number of benzene rings is 8. The van der Waals surface area contributed by atoms with Gasteiger partial charge in [0, 0.05) is 55.4 Å². The van der Waals surface area contributed by atoms with E-state index in [1.807, 2.05) is 160 Å².